The van der Waals surface area contributed by atoms with Gasteiger partial charge in [0.25, 0.3) is 0 Å². The normalized spacial score (nSPS) is 24.0. The summed E-state index contributed by atoms with van der Waals surface area (Å²) in [5.74, 6) is 0. The highest BCUT2D eigenvalue weighted by molar-refractivity contribution is 7.10. The lowest BCUT2D eigenvalue weighted by Gasteiger charge is -2.37. The lowest BCUT2D eigenvalue weighted by Crippen LogP contribution is -2.53. The maximum atomic E-state index is 5.95. The van der Waals surface area contributed by atoms with Crippen LogP contribution in [0.4, 0.5) is 0 Å². The summed E-state index contributed by atoms with van der Waals surface area (Å²) in [4.78, 5) is 3.92. The zero-order chi connectivity index (χ0) is 7.72. The summed E-state index contributed by atoms with van der Waals surface area (Å²) >= 11 is 11.9. The van der Waals surface area contributed by atoms with E-state index in [2.05, 4.69) is 0 Å². The Labute approximate surface area is 72.4 Å². The molecule has 2 nitrogen and oxygen atoms in total. The maximum absolute atomic E-state index is 5.95. The lowest BCUT2D eigenvalue weighted by atomic mass is 9.68. The average Bonchev–Trinajstić information content (AvgIpc) is 1.93. The van der Waals surface area contributed by atoms with Crippen LogP contribution in [-0.4, -0.2) is 36.5 Å². The molecule has 1 aliphatic heterocycles. The van der Waals surface area contributed by atoms with E-state index in [0.717, 1.165) is 12.6 Å². The molecule has 0 spiro atoms. The van der Waals surface area contributed by atoms with Crippen LogP contribution < -0.4 is 0 Å². The molecular weight excluding hydrogens is 169 g/mol. The van der Waals surface area contributed by atoms with Crippen LogP contribution in [0.15, 0.2) is 0 Å². The van der Waals surface area contributed by atoms with Gasteiger partial charge in [0.15, 0.2) is 0 Å². The fourth-order valence-corrected chi connectivity index (χ4v) is 1.57. The molecule has 0 atom stereocenters. The van der Waals surface area contributed by atoms with Gasteiger partial charge in [-0.15, -0.1) is 0 Å². The highest BCUT2D eigenvalue weighted by Crippen LogP contribution is 2.21. The van der Waals surface area contributed by atoms with Crippen molar-refractivity contribution in [1.29, 1.82) is 0 Å². The van der Waals surface area contributed by atoms with Gasteiger partial charge in [0.1, 0.15) is 0 Å². The van der Waals surface area contributed by atoms with Crippen molar-refractivity contribution in [3.8, 4) is 0 Å². The standard InChI is InChI=1S/C4H10B2Cl2N2/c1-9-5(7)3-4-6(8)10(9)2/h3-4H2,1-2H3. The molecule has 1 aliphatic rings. The van der Waals surface area contributed by atoms with E-state index in [0.29, 0.717) is 0 Å². The topological polar surface area (TPSA) is 6.48 Å². The van der Waals surface area contributed by atoms with E-state index in [-0.39, 0.29) is 12.5 Å². The van der Waals surface area contributed by atoms with Gasteiger partial charge in [-0.2, -0.15) is 22.9 Å². The SMILES string of the molecule is CN1B(Cl)CCB(Cl)N1C. The van der Waals surface area contributed by atoms with Crippen LogP contribution in [-0.2, 0) is 0 Å². The summed E-state index contributed by atoms with van der Waals surface area (Å²) in [5.41, 5.74) is 0. The Bertz CT molecular complexity index is 112. The van der Waals surface area contributed by atoms with E-state index >= 15 is 0 Å². The third-order valence-corrected chi connectivity index (χ3v) is 2.95. The smallest absolute Gasteiger partial charge is 0.276 e. The molecule has 0 bridgehead atoms. The van der Waals surface area contributed by atoms with Crippen molar-refractivity contribution < 1.29 is 0 Å². The highest BCUT2D eigenvalue weighted by Gasteiger charge is 2.33. The average molecular weight is 179 g/mol. The minimum atomic E-state index is 0.111. The van der Waals surface area contributed by atoms with Crippen LogP contribution >= 0.6 is 22.9 Å². The zero-order valence-corrected chi connectivity index (χ0v) is 7.73. The van der Waals surface area contributed by atoms with E-state index in [4.69, 9.17) is 22.9 Å². The molecule has 1 saturated heterocycles. The molecule has 0 aromatic rings. The van der Waals surface area contributed by atoms with Gasteiger partial charge in [-0.05, 0) is 26.7 Å². The quantitative estimate of drug-likeness (QED) is 0.515. The molecule has 1 fully saturated rings. The van der Waals surface area contributed by atoms with Gasteiger partial charge in [-0.25, -0.2) is 0 Å². The van der Waals surface area contributed by atoms with Crippen LogP contribution in [0.3, 0.4) is 0 Å². The van der Waals surface area contributed by atoms with E-state index in [9.17, 15) is 0 Å². The third kappa shape index (κ3) is 1.62. The molecule has 0 N–H and O–H groups in total. The van der Waals surface area contributed by atoms with E-state index in [1.807, 2.05) is 23.9 Å². The Morgan fingerprint density at radius 3 is 1.60 bits per heavy atom. The molecule has 0 aromatic heterocycles. The maximum Gasteiger partial charge on any atom is 0.343 e. The summed E-state index contributed by atoms with van der Waals surface area (Å²) in [7, 11) is 3.90. The molecule has 0 aromatic carbocycles. The Morgan fingerprint density at radius 1 is 1.00 bits per heavy atom. The summed E-state index contributed by atoms with van der Waals surface area (Å²) in [6.07, 6.45) is 2.16. The number of halogens is 2. The first kappa shape index (κ1) is 8.72. The molecule has 0 aliphatic carbocycles. The summed E-state index contributed by atoms with van der Waals surface area (Å²) in [6.45, 7) is 0. The van der Waals surface area contributed by atoms with Crippen molar-refractivity contribution in [3.05, 3.63) is 0 Å². The van der Waals surface area contributed by atoms with Gasteiger partial charge in [-0.3, -0.25) is 9.84 Å². The highest BCUT2D eigenvalue weighted by atomic mass is 35.5. The Kier molecular flexibility index (Phi) is 2.92. The minimum Gasteiger partial charge on any atom is -0.276 e. The number of hydrogen-bond donors (Lipinski definition) is 0. The van der Waals surface area contributed by atoms with E-state index in [1.165, 1.54) is 0 Å². The van der Waals surface area contributed by atoms with Crippen molar-refractivity contribution in [2.24, 2.45) is 0 Å². The molecule has 0 amide bonds. The second-order valence-corrected chi connectivity index (χ2v) is 3.60. The van der Waals surface area contributed by atoms with Crippen LogP contribution in [0.5, 0.6) is 0 Å². The van der Waals surface area contributed by atoms with Gasteiger partial charge in [-0.1, -0.05) is 0 Å². The first-order valence-electron chi connectivity index (χ1n) is 3.36. The number of nitrogens with zero attached hydrogens (tertiary/aromatic N) is 2. The Morgan fingerprint density at radius 2 is 1.30 bits per heavy atom. The van der Waals surface area contributed by atoms with Gasteiger partial charge >= 0.3 is 12.5 Å². The molecule has 56 valence electrons. The lowest BCUT2D eigenvalue weighted by molar-refractivity contribution is 0.229. The number of hydrogen-bond acceptors (Lipinski definition) is 2. The largest absolute Gasteiger partial charge is 0.343 e. The van der Waals surface area contributed by atoms with Gasteiger partial charge < -0.3 is 0 Å². The summed E-state index contributed by atoms with van der Waals surface area (Å²) < 4.78 is 0. The number of rotatable bonds is 0. The molecule has 0 unspecified atom stereocenters. The molecule has 0 radical (unpaired) electrons. The Balaban J connectivity index is 2.52. The summed E-state index contributed by atoms with van der Waals surface area (Å²) in [5, 5.41) is 0. The predicted molar refractivity (Wildman–Crippen MR) is 48.4 cm³/mol. The first-order chi connectivity index (χ1) is 4.63. The molecule has 6 heteroatoms. The van der Waals surface area contributed by atoms with E-state index in [1.54, 1.807) is 0 Å². The summed E-state index contributed by atoms with van der Waals surface area (Å²) in [6, 6.07) is 0. The van der Waals surface area contributed by atoms with Crippen molar-refractivity contribution in [1.82, 2.24) is 9.84 Å². The van der Waals surface area contributed by atoms with Gasteiger partial charge in [0, 0.05) is 0 Å². The van der Waals surface area contributed by atoms with Crippen molar-refractivity contribution in [3.63, 3.8) is 0 Å². The molecular formula is C4H10B2Cl2N2. The predicted octanol–water partition coefficient (Wildman–Crippen LogP) is 1.23. The monoisotopic (exact) mass is 178 g/mol. The van der Waals surface area contributed by atoms with Crippen molar-refractivity contribution in [2.75, 3.05) is 14.1 Å². The van der Waals surface area contributed by atoms with Crippen molar-refractivity contribution in [2.45, 2.75) is 12.6 Å². The second kappa shape index (κ2) is 3.35. The first-order valence-corrected chi connectivity index (χ1v) is 4.24. The Hall–Kier alpha value is 0.630. The molecule has 10 heavy (non-hydrogen) atoms. The van der Waals surface area contributed by atoms with Crippen LogP contribution in [0, 0.1) is 0 Å². The third-order valence-electron chi connectivity index (χ3n) is 1.95. The van der Waals surface area contributed by atoms with Crippen LogP contribution in [0.25, 0.3) is 0 Å². The van der Waals surface area contributed by atoms with Crippen LogP contribution in [0.1, 0.15) is 0 Å². The van der Waals surface area contributed by atoms with Crippen LogP contribution in [0.2, 0.25) is 12.6 Å². The minimum absolute atomic E-state index is 0.111. The fraction of sp³-hybridized carbons (Fsp3) is 1.00. The second-order valence-electron chi connectivity index (χ2n) is 2.59. The molecule has 0 saturated carbocycles. The van der Waals surface area contributed by atoms with Crippen molar-refractivity contribution >= 4 is 35.4 Å². The zero-order valence-electron chi connectivity index (χ0n) is 6.22. The van der Waals surface area contributed by atoms with Gasteiger partial charge in [0.2, 0.25) is 0 Å². The molecule has 1 heterocycles. The van der Waals surface area contributed by atoms with Gasteiger partial charge in [0.05, 0.1) is 0 Å². The van der Waals surface area contributed by atoms with E-state index < -0.39 is 0 Å². The molecule has 1 rings (SSSR count). The number of hydrazine groups is 1. The fourth-order valence-electron chi connectivity index (χ4n) is 1.04.